The first kappa shape index (κ1) is 14.1. The maximum atomic E-state index is 11.3. The average Bonchev–Trinajstić information content (AvgIpc) is 2.76. The summed E-state index contributed by atoms with van der Waals surface area (Å²) in [5.74, 6) is 0.918. The molecule has 0 atom stereocenters. The summed E-state index contributed by atoms with van der Waals surface area (Å²) < 4.78 is 11.8. The smallest absolute Gasteiger partial charge is 0.156 e. The Morgan fingerprint density at radius 3 is 2.75 bits per heavy atom. The van der Waals surface area contributed by atoms with Gasteiger partial charge in [0, 0.05) is 12.7 Å². The number of carbonyl (C=O) groups excluding carboxylic acids is 1. The number of aldehydes is 1. The van der Waals surface area contributed by atoms with Crippen molar-refractivity contribution in [2.24, 2.45) is 0 Å². The van der Waals surface area contributed by atoms with Gasteiger partial charge in [-0.1, -0.05) is 11.6 Å². The predicted octanol–water partition coefficient (Wildman–Crippen LogP) is 1.87. The zero-order chi connectivity index (χ0) is 14.7. The number of hydrogen-bond donors (Lipinski definition) is 1. The van der Waals surface area contributed by atoms with Crippen LogP contribution in [0, 0.1) is 6.92 Å². The fourth-order valence-corrected chi connectivity index (χ4v) is 2.03. The molecular formula is C14H17N3O3. The van der Waals surface area contributed by atoms with Crippen LogP contribution in [-0.4, -0.2) is 30.3 Å². The van der Waals surface area contributed by atoms with Crippen molar-refractivity contribution in [1.82, 2.24) is 9.78 Å². The molecule has 0 spiro atoms. The van der Waals surface area contributed by atoms with Crippen molar-refractivity contribution in [3.63, 3.8) is 0 Å². The third-order valence-corrected chi connectivity index (χ3v) is 3.01. The van der Waals surface area contributed by atoms with Gasteiger partial charge in [-0.2, -0.15) is 5.10 Å². The summed E-state index contributed by atoms with van der Waals surface area (Å²) in [5.41, 5.74) is 8.52. The van der Waals surface area contributed by atoms with Crippen molar-refractivity contribution in [3.8, 4) is 17.0 Å². The summed E-state index contributed by atoms with van der Waals surface area (Å²) in [5, 5.41) is 4.35. The zero-order valence-corrected chi connectivity index (χ0v) is 11.7. The quantitative estimate of drug-likeness (QED) is 0.843. The molecule has 20 heavy (non-hydrogen) atoms. The van der Waals surface area contributed by atoms with Gasteiger partial charge in [-0.3, -0.25) is 4.79 Å². The Morgan fingerprint density at radius 1 is 1.40 bits per heavy atom. The molecule has 1 aromatic carbocycles. The Hall–Kier alpha value is -2.34. The van der Waals surface area contributed by atoms with Crippen molar-refractivity contribution in [3.05, 3.63) is 29.3 Å². The molecule has 0 unspecified atom stereocenters. The Labute approximate surface area is 117 Å². The average molecular weight is 275 g/mol. The van der Waals surface area contributed by atoms with Crippen molar-refractivity contribution in [2.45, 2.75) is 13.7 Å². The highest BCUT2D eigenvalue weighted by atomic mass is 16.5. The van der Waals surface area contributed by atoms with E-state index in [1.165, 1.54) is 11.8 Å². The normalized spacial score (nSPS) is 10.6. The van der Waals surface area contributed by atoms with Crippen LogP contribution in [0.4, 0.5) is 5.82 Å². The van der Waals surface area contributed by atoms with Gasteiger partial charge in [0.25, 0.3) is 0 Å². The molecule has 2 N–H and O–H groups in total. The highest BCUT2D eigenvalue weighted by Gasteiger charge is 2.19. The summed E-state index contributed by atoms with van der Waals surface area (Å²) in [6, 6.07) is 5.67. The lowest BCUT2D eigenvalue weighted by molar-refractivity contribution is 0.112. The van der Waals surface area contributed by atoms with Crippen LogP contribution in [0.15, 0.2) is 18.2 Å². The second-order valence-corrected chi connectivity index (χ2v) is 4.39. The van der Waals surface area contributed by atoms with Gasteiger partial charge < -0.3 is 15.2 Å². The van der Waals surface area contributed by atoms with Gasteiger partial charge in [-0.05, 0) is 19.1 Å². The number of benzene rings is 1. The van der Waals surface area contributed by atoms with Crippen molar-refractivity contribution in [2.75, 3.05) is 20.0 Å². The van der Waals surface area contributed by atoms with E-state index in [-0.39, 0.29) is 12.5 Å². The minimum atomic E-state index is 0.181. The number of hydrogen-bond acceptors (Lipinski definition) is 5. The molecule has 1 aromatic heterocycles. The highest BCUT2D eigenvalue weighted by Crippen LogP contribution is 2.33. The lowest BCUT2D eigenvalue weighted by atomic mass is 10.0. The predicted molar refractivity (Wildman–Crippen MR) is 75.8 cm³/mol. The largest absolute Gasteiger partial charge is 0.496 e. The van der Waals surface area contributed by atoms with Crippen molar-refractivity contribution in [1.29, 1.82) is 0 Å². The van der Waals surface area contributed by atoms with Gasteiger partial charge in [0.15, 0.2) is 6.29 Å². The van der Waals surface area contributed by atoms with E-state index in [0.29, 0.717) is 23.3 Å². The van der Waals surface area contributed by atoms with Gasteiger partial charge in [-0.25, -0.2) is 4.68 Å². The van der Waals surface area contributed by atoms with Crippen LogP contribution in [0.3, 0.4) is 0 Å². The molecule has 0 saturated carbocycles. The molecule has 2 aromatic rings. The highest BCUT2D eigenvalue weighted by molar-refractivity contribution is 5.92. The fraction of sp³-hybridized carbons (Fsp3) is 0.286. The van der Waals surface area contributed by atoms with E-state index in [0.717, 1.165) is 11.1 Å². The number of nitrogen functional groups attached to an aromatic ring is 1. The number of aryl methyl sites for hydroxylation is 1. The summed E-state index contributed by atoms with van der Waals surface area (Å²) in [6.07, 6.45) is 0.700. The number of aromatic nitrogens is 2. The maximum absolute atomic E-state index is 11.3. The zero-order valence-electron chi connectivity index (χ0n) is 11.7. The molecular weight excluding hydrogens is 258 g/mol. The first-order valence-corrected chi connectivity index (χ1v) is 6.07. The minimum absolute atomic E-state index is 0.181. The van der Waals surface area contributed by atoms with Gasteiger partial charge >= 0.3 is 0 Å². The third kappa shape index (κ3) is 2.37. The van der Waals surface area contributed by atoms with E-state index in [1.807, 2.05) is 25.1 Å². The first-order chi connectivity index (χ1) is 9.62. The minimum Gasteiger partial charge on any atom is -0.496 e. The molecule has 6 nitrogen and oxygen atoms in total. The van der Waals surface area contributed by atoms with Crippen LogP contribution in [-0.2, 0) is 11.5 Å². The second-order valence-electron chi connectivity index (χ2n) is 4.39. The van der Waals surface area contributed by atoms with E-state index in [2.05, 4.69) is 5.10 Å². The number of carbonyl (C=O) groups is 1. The van der Waals surface area contributed by atoms with E-state index in [4.69, 9.17) is 15.2 Å². The van der Waals surface area contributed by atoms with Gasteiger partial charge in [-0.15, -0.1) is 0 Å². The van der Waals surface area contributed by atoms with E-state index >= 15 is 0 Å². The molecule has 0 aliphatic rings. The number of rotatable bonds is 5. The van der Waals surface area contributed by atoms with E-state index in [9.17, 15) is 4.79 Å². The van der Waals surface area contributed by atoms with Gasteiger partial charge in [0.1, 0.15) is 24.0 Å². The monoisotopic (exact) mass is 275 g/mol. The molecule has 106 valence electrons. The van der Waals surface area contributed by atoms with Crippen LogP contribution in [0.25, 0.3) is 11.3 Å². The molecule has 2 rings (SSSR count). The fourth-order valence-electron chi connectivity index (χ4n) is 2.03. The Morgan fingerprint density at radius 2 is 2.15 bits per heavy atom. The Bertz CT molecular complexity index is 635. The number of methoxy groups -OCH3 is 2. The molecule has 0 amide bonds. The van der Waals surface area contributed by atoms with Crippen LogP contribution >= 0.6 is 0 Å². The molecule has 0 radical (unpaired) electrons. The lowest BCUT2D eigenvalue weighted by Crippen LogP contribution is -2.06. The molecule has 0 bridgehead atoms. The second kappa shape index (κ2) is 5.75. The summed E-state index contributed by atoms with van der Waals surface area (Å²) in [6.45, 7) is 2.14. The molecule has 0 aliphatic carbocycles. The third-order valence-electron chi connectivity index (χ3n) is 3.01. The SMILES string of the molecule is COCn1nc(-c2cc(C)ccc2OC)c(C=O)c1N. The standard InChI is InChI=1S/C14H17N3O3/c1-9-4-5-12(20-3)10(6-9)13-11(7-18)14(15)17(16-13)8-19-2/h4-7H,8,15H2,1-3H3. The number of nitrogens with two attached hydrogens (primary N) is 1. The molecule has 6 heteroatoms. The summed E-state index contributed by atoms with van der Waals surface area (Å²) in [4.78, 5) is 11.3. The van der Waals surface area contributed by atoms with E-state index < -0.39 is 0 Å². The van der Waals surface area contributed by atoms with Gasteiger partial charge in [0.2, 0.25) is 0 Å². The van der Waals surface area contributed by atoms with Crippen molar-refractivity contribution < 1.29 is 14.3 Å². The van der Waals surface area contributed by atoms with Crippen LogP contribution < -0.4 is 10.5 Å². The number of ether oxygens (including phenoxy) is 2. The lowest BCUT2D eigenvalue weighted by Gasteiger charge is -2.07. The first-order valence-electron chi connectivity index (χ1n) is 6.07. The van der Waals surface area contributed by atoms with Crippen LogP contribution in [0.2, 0.25) is 0 Å². The number of nitrogens with zero attached hydrogens (tertiary/aromatic N) is 2. The molecule has 1 heterocycles. The molecule has 0 fully saturated rings. The van der Waals surface area contributed by atoms with Crippen LogP contribution in [0.5, 0.6) is 5.75 Å². The Balaban J connectivity index is 2.65. The molecule has 0 aliphatic heterocycles. The number of anilines is 1. The summed E-state index contributed by atoms with van der Waals surface area (Å²) >= 11 is 0. The topological polar surface area (TPSA) is 79.4 Å². The summed E-state index contributed by atoms with van der Waals surface area (Å²) in [7, 11) is 3.11. The molecule has 0 saturated heterocycles. The van der Waals surface area contributed by atoms with Crippen LogP contribution in [0.1, 0.15) is 15.9 Å². The van der Waals surface area contributed by atoms with E-state index in [1.54, 1.807) is 7.11 Å². The van der Waals surface area contributed by atoms with Gasteiger partial charge in [0.05, 0.1) is 12.7 Å². The van der Waals surface area contributed by atoms with Crippen molar-refractivity contribution >= 4 is 12.1 Å². The Kier molecular flexibility index (Phi) is 4.05. The maximum Gasteiger partial charge on any atom is 0.156 e.